The number of hydrogen-bond acceptors (Lipinski definition) is 4. The Morgan fingerprint density at radius 2 is 2.00 bits per heavy atom. The van der Waals surface area contributed by atoms with Crippen molar-refractivity contribution in [3.8, 4) is 0 Å². The van der Waals surface area contributed by atoms with Gasteiger partial charge < -0.3 is 10.4 Å². The van der Waals surface area contributed by atoms with Gasteiger partial charge in [0.05, 0.1) is 5.69 Å². The standard InChI is InChI=1S/C14H22N2O2S/c1-3-10-4-6-11(7-5-10)8-15-14-16-9(2)12(19-14)13(17)18/h10-11H,3-8H2,1-2H3,(H,15,16)(H,17,18). The van der Waals surface area contributed by atoms with E-state index < -0.39 is 5.97 Å². The molecule has 1 aromatic heterocycles. The first-order chi connectivity index (χ1) is 9.10. The zero-order valence-corrected chi connectivity index (χ0v) is 12.4. The van der Waals surface area contributed by atoms with Gasteiger partial charge in [0.2, 0.25) is 0 Å². The third kappa shape index (κ3) is 3.69. The van der Waals surface area contributed by atoms with Crippen molar-refractivity contribution in [2.75, 3.05) is 11.9 Å². The van der Waals surface area contributed by atoms with Crippen LogP contribution in [0.4, 0.5) is 5.13 Å². The Hall–Kier alpha value is -1.10. The molecule has 0 unspecified atom stereocenters. The van der Waals surface area contributed by atoms with Crippen LogP contribution >= 0.6 is 11.3 Å². The van der Waals surface area contributed by atoms with Crippen LogP contribution in [-0.2, 0) is 0 Å². The van der Waals surface area contributed by atoms with Crippen LogP contribution in [0.25, 0.3) is 0 Å². The molecule has 5 heteroatoms. The number of aryl methyl sites for hydroxylation is 1. The molecule has 0 bridgehead atoms. The molecule has 0 atom stereocenters. The van der Waals surface area contributed by atoms with Gasteiger partial charge in [0.15, 0.2) is 5.13 Å². The SMILES string of the molecule is CCC1CCC(CNc2nc(C)c(C(=O)O)s2)CC1. The quantitative estimate of drug-likeness (QED) is 0.862. The lowest BCUT2D eigenvalue weighted by Crippen LogP contribution is -2.20. The maximum atomic E-state index is 11.0. The van der Waals surface area contributed by atoms with Crippen LogP contribution in [0.3, 0.4) is 0 Å². The summed E-state index contributed by atoms with van der Waals surface area (Å²) in [5.41, 5.74) is 0.606. The van der Waals surface area contributed by atoms with Gasteiger partial charge in [0.25, 0.3) is 0 Å². The van der Waals surface area contributed by atoms with Crippen molar-refractivity contribution in [2.24, 2.45) is 11.8 Å². The Bertz CT molecular complexity index is 437. The Labute approximate surface area is 118 Å². The van der Waals surface area contributed by atoms with Crippen molar-refractivity contribution in [3.05, 3.63) is 10.6 Å². The fraction of sp³-hybridized carbons (Fsp3) is 0.714. The predicted molar refractivity (Wildman–Crippen MR) is 78.0 cm³/mol. The zero-order chi connectivity index (χ0) is 13.8. The Morgan fingerprint density at radius 1 is 1.37 bits per heavy atom. The highest BCUT2D eigenvalue weighted by Crippen LogP contribution is 2.31. The molecule has 2 N–H and O–H groups in total. The summed E-state index contributed by atoms with van der Waals surface area (Å²) in [6.45, 7) is 4.94. The lowest BCUT2D eigenvalue weighted by molar-refractivity contribution is 0.0701. The number of aromatic carboxylic acids is 1. The van der Waals surface area contributed by atoms with Gasteiger partial charge in [-0.25, -0.2) is 9.78 Å². The molecule has 19 heavy (non-hydrogen) atoms. The topological polar surface area (TPSA) is 62.2 Å². The van der Waals surface area contributed by atoms with E-state index in [4.69, 9.17) is 5.11 Å². The molecule has 0 radical (unpaired) electrons. The number of anilines is 1. The van der Waals surface area contributed by atoms with Crippen molar-refractivity contribution < 1.29 is 9.90 Å². The minimum absolute atomic E-state index is 0.345. The van der Waals surface area contributed by atoms with Crippen molar-refractivity contribution in [3.63, 3.8) is 0 Å². The minimum Gasteiger partial charge on any atom is -0.477 e. The lowest BCUT2D eigenvalue weighted by Gasteiger charge is -2.27. The second-order valence-electron chi connectivity index (χ2n) is 5.41. The summed E-state index contributed by atoms with van der Waals surface area (Å²) in [5.74, 6) is 0.740. The number of carboxylic acids is 1. The van der Waals surface area contributed by atoms with Crippen LogP contribution < -0.4 is 5.32 Å². The number of carboxylic acid groups (broad SMARTS) is 1. The minimum atomic E-state index is -0.883. The van der Waals surface area contributed by atoms with E-state index in [0.29, 0.717) is 16.5 Å². The van der Waals surface area contributed by atoms with Gasteiger partial charge in [0, 0.05) is 6.54 Å². The molecule has 0 amide bonds. The van der Waals surface area contributed by atoms with Crippen LogP contribution in [0.5, 0.6) is 0 Å². The van der Waals surface area contributed by atoms with E-state index in [1.165, 1.54) is 43.4 Å². The van der Waals surface area contributed by atoms with E-state index in [9.17, 15) is 4.79 Å². The van der Waals surface area contributed by atoms with Gasteiger partial charge in [-0.1, -0.05) is 37.5 Å². The van der Waals surface area contributed by atoms with Gasteiger partial charge >= 0.3 is 5.97 Å². The van der Waals surface area contributed by atoms with E-state index in [0.717, 1.165) is 17.6 Å². The third-order valence-electron chi connectivity index (χ3n) is 4.08. The predicted octanol–water partition coefficient (Wildman–Crippen LogP) is 3.78. The van der Waals surface area contributed by atoms with Crippen LogP contribution in [0.2, 0.25) is 0 Å². The normalized spacial score (nSPS) is 23.3. The number of thiazole rings is 1. The molecule has 0 spiro atoms. The molecule has 1 aromatic rings. The number of carbonyl (C=O) groups is 1. The van der Waals surface area contributed by atoms with E-state index in [-0.39, 0.29) is 0 Å². The molecule has 4 nitrogen and oxygen atoms in total. The summed E-state index contributed by atoms with van der Waals surface area (Å²) < 4.78 is 0. The number of nitrogens with zero attached hydrogens (tertiary/aromatic N) is 1. The molecule has 2 rings (SSSR count). The second-order valence-corrected chi connectivity index (χ2v) is 6.41. The van der Waals surface area contributed by atoms with Crippen LogP contribution in [-0.4, -0.2) is 22.6 Å². The van der Waals surface area contributed by atoms with Crippen LogP contribution in [0, 0.1) is 18.8 Å². The van der Waals surface area contributed by atoms with Crippen molar-refractivity contribution in [1.29, 1.82) is 0 Å². The summed E-state index contributed by atoms with van der Waals surface area (Å²) in [6, 6.07) is 0. The maximum absolute atomic E-state index is 11.0. The zero-order valence-electron chi connectivity index (χ0n) is 11.6. The maximum Gasteiger partial charge on any atom is 0.347 e. The Kier molecular flexibility index (Phi) is 4.80. The first kappa shape index (κ1) is 14.3. The molecule has 0 aliphatic heterocycles. The molecule has 106 valence electrons. The molecule has 1 heterocycles. The molecular weight excluding hydrogens is 260 g/mol. The molecule has 0 saturated heterocycles. The van der Waals surface area contributed by atoms with Gasteiger partial charge in [-0.3, -0.25) is 0 Å². The monoisotopic (exact) mass is 282 g/mol. The fourth-order valence-corrected chi connectivity index (χ4v) is 3.56. The highest BCUT2D eigenvalue weighted by molar-refractivity contribution is 7.17. The molecule has 1 aliphatic carbocycles. The third-order valence-corrected chi connectivity index (χ3v) is 5.18. The first-order valence-electron chi connectivity index (χ1n) is 7.04. The lowest BCUT2D eigenvalue weighted by atomic mass is 9.81. The average Bonchev–Trinajstić information content (AvgIpc) is 2.78. The molecule has 1 aliphatic rings. The number of rotatable bonds is 5. The fourth-order valence-electron chi connectivity index (χ4n) is 2.75. The average molecular weight is 282 g/mol. The van der Waals surface area contributed by atoms with Gasteiger partial charge in [-0.05, 0) is 31.6 Å². The highest BCUT2D eigenvalue weighted by Gasteiger charge is 2.20. The summed E-state index contributed by atoms with van der Waals surface area (Å²) in [4.78, 5) is 15.6. The first-order valence-corrected chi connectivity index (χ1v) is 7.86. The molecular formula is C14H22N2O2S. The van der Waals surface area contributed by atoms with Gasteiger partial charge in [0.1, 0.15) is 4.88 Å². The summed E-state index contributed by atoms with van der Waals surface area (Å²) in [7, 11) is 0. The summed E-state index contributed by atoms with van der Waals surface area (Å²) in [6.07, 6.45) is 6.53. The van der Waals surface area contributed by atoms with Crippen molar-refractivity contribution in [2.45, 2.75) is 46.0 Å². The smallest absolute Gasteiger partial charge is 0.347 e. The van der Waals surface area contributed by atoms with Gasteiger partial charge in [-0.15, -0.1) is 0 Å². The number of hydrogen-bond donors (Lipinski definition) is 2. The van der Waals surface area contributed by atoms with E-state index in [2.05, 4.69) is 17.2 Å². The van der Waals surface area contributed by atoms with Crippen LogP contribution in [0.15, 0.2) is 0 Å². The van der Waals surface area contributed by atoms with Crippen LogP contribution in [0.1, 0.15) is 54.4 Å². The van der Waals surface area contributed by atoms with Crippen molar-refractivity contribution in [1.82, 2.24) is 4.98 Å². The van der Waals surface area contributed by atoms with Gasteiger partial charge in [-0.2, -0.15) is 0 Å². The van der Waals surface area contributed by atoms with E-state index in [1.54, 1.807) is 6.92 Å². The second kappa shape index (κ2) is 6.37. The molecule has 1 fully saturated rings. The summed E-state index contributed by atoms with van der Waals surface area (Å²) >= 11 is 1.24. The Balaban J connectivity index is 1.83. The molecule has 1 saturated carbocycles. The van der Waals surface area contributed by atoms with E-state index >= 15 is 0 Å². The Morgan fingerprint density at radius 3 is 2.53 bits per heavy atom. The highest BCUT2D eigenvalue weighted by atomic mass is 32.1. The summed E-state index contributed by atoms with van der Waals surface area (Å²) in [5, 5.41) is 13.0. The number of nitrogens with one attached hydrogen (secondary N) is 1. The molecule has 0 aromatic carbocycles. The largest absolute Gasteiger partial charge is 0.477 e. The van der Waals surface area contributed by atoms with Crippen molar-refractivity contribution >= 4 is 22.4 Å². The number of aromatic nitrogens is 1. The van der Waals surface area contributed by atoms with E-state index in [1.807, 2.05) is 0 Å².